The fraction of sp³-hybridized carbons (Fsp3) is 0.0417. The van der Waals surface area contributed by atoms with E-state index in [4.69, 9.17) is 4.42 Å². The SMILES string of the molecule is O=C(CSc1ccc(-c2ccccc2)o1)N(c1ccccc1)c1ccccc1. The van der Waals surface area contributed by atoms with Crippen LogP contribution >= 0.6 is 11.8 Å². The molecule has 28 heavy (non-hydrogen) atoms. The van der Waals surface area contributed by atoms with Crippen LogP contribution in [0.25, 0.3) is 11.3 Å². The summed E-state index contributed by atoms with van der Waals surface area (Å²) in [6, 6.07) is 33.2. The molecule has 4 heteroatoms. The van der Waals surface area contributed by atoms with E-state index >= 15 is 0 Å². The second-order valence-corrected chi connectivity index (χ2v) is 7.15. The van der Waals surface area contributed by atoms with Gasteiger partial charge >= 0.3 is 0 Å². The molecular weight excluding hydrogens is 366 g/mol. The molecule has 0 atom stereocenters. The molecule has 0 saturated heterocycles. The van der Waals surface area contributed by atoms with Gasteiger partial charge in [-0.05, 0) is 36.4 Å². The third kappa shape index (κ3) is 4.18. The Kier molecular flexibility index (Phi) is 5.59. The lowest BCUT2D eigenvalue weighted by Gasteiger charge is -2.22. The van der Waals surface area contributed by atoms with Crippen LogP contribution in [0.1, 0.15) is 0 Å². The van der Waals surface area contributed by atoms with E-state index in [9.17, 15) is 4.79 Å². The van der Waals surface area contributed by atoms with Crippen molar-refractivity contribution in [3.63, 3.8) is 0 Å². The number of benzene rings is 3. The molecule has 1 amide bonds. The van der Waals surface area contributed by atoms with Crippen molar-refractivity contribution in [1.29, 1.82) is 0 Å². The number of carbonyl (C=O) groups is 1. The van der Waals surface area contributed by atoms with Crippen LogP contribution in [0.15, 0.2) is 113 Å². The van der Waals surface area contributed by atoms with Crippen molar-refractivity contribution >= 4 is 29.0 Å². The van der Waals surface area contributed by atoms with Crippen molar-refractivity contribution in [3.8, 4) is 11.3 Å². The molecule has 0 aliphatic heterocycles. The highest BCUT2D eigenvalue weighted by molar-refractivity contribution is 7.99. The number of hydrogen-bond donors (Lipinski definition) is 0. The molecule has 0 fully saturated rings. The third-order valence-electron chi connectivity index (χ3n) is 4.26. The Morgan fingerprint density at radius 2 is 1.25 bits per heavy atom. The summed E-state index contributed by atoms with van der Waals surface area (Å²) in [5, 5.41) is 0.730. The van der Waals surface area contributed by atoms with E-state index in [0.717, 1.165) is 27.8 Å². The van der Waals surface area contributed by atoms with Crippen molar-refractivity contribution in [1.82, 2.24) is 0 Å². The minimum atomic E-state index is 0.0000566. The molecule has 0 spiro atoms. The molecule has 4 rings (SSSR count). The summed E-state index contributed by atoms with van der Waals surface area (Å²) < 4.78 is 5.90. The molecule has 0 bridgehead atoms. The second kappa shape index (κ2) is 8.63. The fourth-order valence-electron chi connectivity index (χ4n) is 2.94. The van der Waals surface area contributed by atoms with Gasteiger partial charge in [-0.25, -0.2) is 0 Å². The zero-order valence-electron chi connectivity index (χ0n) is 15.2. The molecule has 0 aliphatic carbocycles. The number of thioether (sulfide) groups is 1. The van der Waals surface area contributed by atoms with E-state index < -0.39 is 0 Å². The summed E-state index contributed by atoms with van der Waals surface area (Å²) in [5.41, 5.74) is 2.73. The summed E-state index contributed by atoms with van der Waals surface area (Å²) in [6.45, 7) is 0. The number of para-hydroxylation sites is 2. The van der Waals surface area contributed by atoms with E-state index in [1.807, 2.05) is 103 Å². The molecule has 3 nitrogen and oxygen atoms in total. The summed E-state index contributed by atoms with van der Waals surface area (Å²) >= 11 is 1.40. The van der Waals surface area contributed by atoms with Crippen molar-refractivity contribution in [2.45, 2.75) is 5.09 Å². The highest BCUT2D eigenvalue weighted by Crippen LogP contribution is 2.30. The van der Waals surface area contributed by atoms with E-state index in [1.54, 1.807) is 4.90 Å². The maximum Gasteiger partial charge on any atom is 0.242 e. The molecule has 1 heterocycles. The van der Waals surface area contributed by atoms with E-state index in [1.165, 1.54) is 11.8 Å². The second-order valence-electron chi connectivity index (χ2n) is 6.17. The van der Waals surface area contributed by atoms with Gasteiger partial charge in [-0.2, -0.15) is 0 Å². The van der Waals surface area contributed by atoms with Crippen LogP contribution in [0.5, 0.6) is 0 Å². The Hall–Kier alpha value is -3.24. The Morgan fingerprint density at radius 1 is 0.714 bits per heavy atom. The van der Waals surface area contributed by atoms with Gasteiger partial charge in [0.25, 0.3) is 0 Å². The molecule has 0 N–H and O–H groups in total. The first-order valence-corrected chi connectivity index (χ1v) is 10.0. The maximum absolute atomic E-state index is 13.1. The molecule has 1 aromatic heterocycles. The molecule has 4 aromatic rings. The van der Waals surface area contributed by atoms with Crippen molar-refractivity contribution in [3.05, 3.63) is 103 Å². The van der Waals surface area contributed by atoms with E-state index in [-0.39, 0.29) is 11.7 Å². The third-order valence-corrected chi connectivity index (χ3v) is 5.15. The van der Waals surface area contributed by atoms with Crippen LogP contribution < -0.4 is 4.90 Å². The molecule has 0 aliphatic rings. The zero-order valence-corrected chi connectivity index (χ0v) is 16.0. The predicted molar refractivity (Wildman–Crippen MR) is 115 cm³/mol. The summed E-state index contributed by atoms with van der Waals surface area (Å²) in [7, 11) is 0. The van der Waals surface area contributed by atoms with Crippen LogP contribution in [-0.4, -0.2) is 11.7 Å². The van der Waals surface area contributed by atoms with E-state index in [0.29, 0.717) is 0 Å². The first kappa shape index (κ1) is 18.1. The number of rotatable bonds is 6. The monoisotopic (exact) mass is 385 g/mol. The fourth-order valence-corrected chi connectivity index (χ4v) is 3.65. The number of nitrogens with zero attached hydrogens (tertiary/aromatic N) is 1. The minimum absolute atomic E-state index is 0.0000566. The van der Waals surface area contributed by atoms with Gasteiger partial charge in [-0.15, -0.1) is 0 Å². The number of furan rings is 1. The topological polar surface area (TPSA) is 33.5 Å². The smallest absolute Gasteiger partial charge is 0.242 e. The number of amides is 1. The highest BCUT2D eigenvalue weighted by atomic mass is 32.2. The molecule has 0 radical (unpaired) electrons. The number of anilines is 2. The van der Waals surface area contributed by atoms with Gasteiger partial charge in [0, 0.05) is 16.9 Å². The molecule has 138 valence electrons. The van der Waals surface area contributed by atoms with Crippen LogP contribution in [0.3, 0.4) is 0 Å². The molecule has 0 unspecified atom stereocenters. The Balaban J connectivity index is 1.50. The largest absolute Gasteiger partial charge is 0.450 e. The van der Waals surface area contributed by atoms with Gasteiger partial charge in [0.2, 0.25) is 5.91 Å². The van der Waals surface area contributed by atoms with Crippen LogP contribution in [-0.2, 0) is 4.79 Å². The summed E-state index contributed by atoms with van der Waals surface area (Å²) in [5.74, 6) is 1.09. The first-order chi connectivity index (χ1) is 13.8. The lowest BCUT2D eigenvalue weighted by molar-refractivity contribution is -0.115. The summed E-state index contributed by atoms with van der Waals surface area (Å²) in [4.78, 5) is 14.8. The van der Waals surface area contributed by atoms with Crippen LogP contribution in [0.2, 0.25) is 0 Å². The normalized spacial score (nSPS) is 10.6. The maximum atomic E-state index is 13.1. The Morgan fingerprint density at radius 3 is 1.82 bits per heavy atom. The van der Waals surface area contributed by atoms with E-state index in [2.05, 4.69) is 0 Å². The van der Waals surface area contributed by atoms with Gasteiger partial charge in [-0.3, -0.25) is 9.69 Å². The predicted octanol–water partition coefficient (Wildman–Crippen LogP) is 6.40. The molecular formula is C24H19NO2S. The highest BCUT2D eigenvalue weighted by Gasteiger charge is 2.18. The Bertz CT molecular complexity index is 990. The average Bonchev–Trinajstić information content (AvgIpc) is 3.24. The van der Waals surface area contributed by atoms with Crippen molar-refractivity contribution < 1.29 is 9.21 Å². The number of hydrogen-bond acceptors (Lipinski definition) is 3. The molecule has 3 aromatic carbocycles. The van der Waals surface area contributed by atoms with Crippen molar-refractivity contribution in [2.24, 2.45) is 0 Å². The average molecular weight is 385 g/mol. The standard InChI is InChI=1S/C24H19NO2S/c26-23(18-28-24-17-16-22(27-24)19-10-4-1-5-11-19)25(20-12-6-2-7-13-20)21-14-8-3-9-15-21/h1-17H,18H2. The lowest BCUT2D eigenvalue weighted by atomic mass is 10.2. The number of carbonyl (C=O) groups excluding carboxylic acids is 1. The van der Waals surface area contributed by atoms with Gasteiger partial charge in [0.1, 0.15) is 5.76 Å². The van der Waals surface area contributed by atoms with Gasteiger partial charge < -0.3 is 4.42 Å². The summed E-state index contributed by atoms with van der Waals surface area (Å²) in [6.07, 6.45) is 0. The van der Waals surface area contributed by atoms with Crippen LogP contribution in [0, 0.1) is 0 Å². The van der Waals surface area contributed by atoms with Gasteiger partial charge in [-0.1, -0.05) is 78.5 Å². The Labute approximate surface area is 168 Å². The van der Waals surface area contributed by atoms with Gasteiger partial charge in [0.15, 0.2) is 5.09 Å². The lowest BCUT2D eigenvalue weighted by Crippen LogP contribution is -2.27. The quantitative estimate of drug-likeness (QED) is 0.360. The minimum Gasteiger partial charge on any atom is -0.450 e. The van der Waals surface area contributed by atoms with Crippen molar-refractivity contribution in [2.75, 3.05) is 10.7 Å². The first-order valence-electron chi connectivity index (χ1n) is 9.02. The van der Waals surface area contributed by atoms with Gasteiger partial charge in [0.05, 0.1) is 5.75 Å². The zero-order chi connectivity index (χ0) is 19.2. The molecule has 0 saturated carbocycles. The van der Waals surface area contributed by atoms with Crippen LogP contribution in [0.4, 0.5) is 11.4 Å².